The highest BCUT2D eigenvalue weighted by Gasteiger charge is 2.28. The molecule has 0 aliphatic carbocycles. The first-order valence-electron chi connectivity index (χ1n) is 11.3. The van der Waals surface area contributed by atoms with Gasteiger partial charge in [-0.2, -0.15) is 21.4 Å². The average molecular weight is 675 g/mol. The molecule has 4 rings (SSSR count). The van der Waals surface area contributed by atoms with Crippen LogP contribution in [0.4, 0.5) is 5.69 Å². The standard InChI is InChI=1S/C23H20Cl4N2O7S3/c24-14-10-18-20(12-16(14)26)36-22(28(18)6-2-8-38(30,31)32)4-1-5-23-29(7-3-9-39(33,34)35)19-11-15(25)17(27)13-21(19)37-23/h1,4-5,10-13H,2-3,6-9H2,(H-,30,31,32,33,34,35)/p+1. The van der Waals surface area contributed by atoms with Crippen LogP contribution in [0.3, 0.4) is 0 Å². The molecule has 2 heterocycles. The molecule has 0 saturated heterocycles. The van der Waals surface area contributed by atoms with E-state index in [9.17, 15) is 16.8 Å². The third-order valence-electron chi connectivity index (χ3n) is 5.59. The van der Waals surface area contributed by atoms with Crippen molar-refractivity contribution >= 4 is 100.0 Å². The van der Waals surface area contributed by atoms with Crippen LogP contribution < -0.4 is 14.2 Å². The zero-order valence-corrected chi connectivity index (χ0v) is 25.3. The van der Waals surface area contributed by atoms with Crippen molar-refractivity contribution in [3.8, 4) is 5.75 Å². The van der Waals surface area contributed by atoms with Crippen molar-refractivity contribution in [3.63, 3.8) is 0 Å². The minimum absolute atomic E-state index is 0.120. The summed E-state index contributed by atoms with van der Waals surface area (Å²) in [5.41, 5.74) is 1.34. The van der Waals surface area contributed by atoms with E-state index >= 15 is 0 Å². The number of nitrogens with zero attached hydrogens (tertiary/aromatic N) is 2. The number of halogens is 4. The van der Waals surface area contributed by atoms with Crippen LogP contribution in [-0.2, 0) is 26.8 Å². The van der Waals surface area contributed by atoms with Crippen LogP contribution in [0.5, 0.6) is 5.75 Å². The van der Waals surface area contributed by atoms with Crippen molar-refractivity contribution in [3.05, 3.63) is 67.4 Å². The lowest BCUT2D eigenvalue weighted by atomic mass is 10.2. The third-order valence-corrected chi connectivity index (χ3v) is 9.76. The van der Waals surface area contributed by atoms with E-state index in [1.54, 1.807) is 47.4 Å². The summed E-state index contributed by atoms with van der Waals surface area (Å²) < 4.78 is 71.8. The summed E-state index contributed by atoms with van der Waals surface area (Å²) in [6.07, 6.45) is 5.46. The lowest BCUT2D eigenvalue weighted by molar-refractivity contribution is -0.668. The Morgan fingerprint density at radius 1 is 0.897 bits per heavy atom. The first-order valence-corrected chi connectivity index (χ1v) is 16.8. The number of allylic oxidation sites excluding steroid dienone is 2. The van der Waals surface area contributed by atoms with Gasteiger partial charge in [-0.15, -0.1) is 0 Å². The fourth-order valence-electron chi connectivity index (χ4n) is 3.93. The predicted molar refractivity (Wildman–Crippen MR) is 156 cm³/mol. The summed E-state index contributed by atoms with van der Waals surface area (Å²) in [5, 5.41) is 2.05. The molecule has 2 aromatic carbocycles. The van der Waals surface area contributed by atoms with Gasteiger partial charge >= 0.3 is 0 Å². The normalized spacial score (nSPS) is 15.0. The van der Waals surface area contributed by atoms with E-state index < -0.39 is 31.7 Å². The van der Waals surface area contributed by atoms with Crippen molar-refractivity contribution < 1.29 is 35.2 Å². The number of ether oxygens (including phenoxy) is 1. The maximum atomic E-state index is 11.2. The number of hydrogen-bond donors (Lipinski definition) is 2. The Labute approximate surface area is 249 Å². The zero-order valence-electron chi connectivity index (χ0n) is 19.9. The molecule has 16 heteroatoms. The number of thiazole rings is 1. The monoisotopic (exact) mass is 673 g/mol. The maximum absolute atomic E-state index is 11.2. The first-order chi connectivity index (χ1) is 18.2. The van der Waals surface area contributed by atoms with Crippen molar-refractivity contribution in [1.82, 2.24) is 0 Å². The second-order valence-electron chi connectivity index (χ2n) is 8.46. The maximum Gasteiger partial charge on any atom is 0.265 e. The molecule has 1 aliphatic rings. The van der Waals surface area contributed by atoms with Gasteiger partial charge in [0.05, 0.1) is 37.3 Å². The van der Waals surface area contributed by atoms with Crippen LogP contribution in [0.2, 0.25) is 20.1 Å². The fourth-order valence-corrected chi connectivity index (χ4v) is 6.73. The van der Waals surface area contributed by atoms with E-state index in [-0.39, 0.29) is 25.9 Å². The molecule has 0 atom stereocenters. The average Bonchev–Trinajstić information content (AvgIpc) is 3.30. The Hall–Kier alpha value is -1.61. The number of anilines is 1. The Morgan fingerprint density at radius 2 is 1.51 bits per heavy atom. The lowest BCUT2D eigenvalue weighted by Crippen LogP contribution is -2.36. The van der Waals surface area contributed by atoms with Gasteiger partial charge in [0.2, 0.25) is 11.4 Å². The number of aryl methyl sites for hydroxylation is 1. The predicted octanol–water partition coefficient (Wildman–Crippen LogP) is 6.11. The number of hydrogen-bond acceptors (Lipinski definition) is 7. The molecule has 3 aromatic rings. The van der Waals surface area contributed by atoms with Gasteiger partial charge in [-0.05, 0) is 30.7 Å². The second-order valence-corrected chi connectivity index (χ2v) is 14.3. The molecular formula is C23H21Cl4N2O7S3+. The largest absolute Gasteiger partial charge is 0.439 e. The van der Waals surface area contributed by atoms with Gasteiger partial charge in [-0.1, -0.05) is 57.7 Å². The molecule has 0 amide bonds. The molecule has 9 nitrogen and oxygen atoms in total. The Kier molecular flexibility index (Phi) is 9.41. The van der Waals surface area contributed by atoms with E-state index in [1.165, 1.54) is 11.3 Å². The molecule has 0 radical (unpaired) electrons. The van der Waals surface area contributed by atoms with Gasteiger partial charge in [0.1, 0.15) is 4.70 Å². The molecule has 210 valence electrons. The van der Waals surface area contributed by atoms with Gasteiger partial charge in [-0.25, -0.2) is 0 Å². The Morgan fingerprint density at radius 3 is 2.21 bits per heavy atom. The van der Waals surface area contributed by atoms with Crippen LogP contribution in [0.1, 0.15) is 17.8 Å². The molecule has 39 heavy (non-hydrogen) atoms. The fraction of sp³-hybridized carbons (Fsp3) is 0.261. The summed E-state index contributed by atoms with van der Waals surface area (Å²) in [7, 11) is -8.26. The van der Waals surface area contributed by atoms with E-state index in [2.05, 4.69) is 0 Å². The van der Waals surface area contributed by atoms with E-state index in [0.29, 0.717) is 37.4 Å². The molecule has 0 saturated carbocycles. The minimum Gasteiger partial charge on any atom is -0.439 e. The topological polar surface area (TPSA) is 125 Å². The van der Waals surface area contributed by atoms with E-state index in [1.807, 2.05) is 4.57 Å². The Balaban J connectivity index is 1.66. The van der Waals surface area contributed by atoms with Crippen LogP contribution in [-0.4, -0.2) is 44.0 Å². The Bertz CT molecular complexity index is 1700. The molecule has 1 aliphatic heterocycles. The zero-order chi connectivity index (χ0) is 28.5. The molecule has 0 fully saturated rings. The highest BCUT2D eigenvalue weighted by Crippen LogP contribution is 2.43. The third kappa shape index (κ3) is 7.78. The van der Waals surface area contributed by atoms with Gasteiger partial charge in [0, 0.05) is 31.2 Å². The van der Waals surface area contributed by atoms with E-state index in [0.717, 1.165) is 15.2 Å². The SMILES string of the molecule is O=S(=O)(O)CCCN1C(=CC=Cc2sc3cc(Cl)c(Cl)cc3[n+]2CCCS(=O)(=O)O)Oc2cc(Cl)c(Cl)cc21. The van der Waals surface area contributed by atoms with Crippen molar-refractivity contribution in [2.75, 3.05) is 23.0 Å². The summed E-state index contributed by atoms with van der Waals surface area (Å²) in [6, 6.07) is 6.59. The number of aromatic nitrogens is 1. The number of rotatable bonds is 10. The summed E-state index contributed by atoms with van der Waals surface area (Å²) in [6.45, 7) is 0.495. The van der Waals surface area contributed by atoms with Gasteiger partial charge < -0.3 is 9.64 Å². The van der Waals surface area contributed by atoms with Crippen molar-refractivity contribution in [2.45, 2.75) is 19.4 Å². The van der Waals surface area contributed by atoms with Crippen molar-refractivity contribution in [1.29, 1.82) is 0 Å². The van der Waals surface area contributed by atoms with Crippen molar-refractivity contribution in [2.24, 2.45) is 0 Å². The highest BCUT2D eigenvalue weighted by atomic mass is 35.5. The molecule has 0 unspecified atom stereocenters. The van der Waals surface area contributed by atoms with Gasteiger partial charge in [0.25, 0.3) is 25.2 Å². The summed E-state index contributed by atoms with van der Waals surface area (Å²) in [4.78, 5) is 1.72. The summed E-state index contributed by atoms with van der Waals surface area (Å²) >= 11 is 26.1. The highest BCUT2D eigenvalue weighted by molar-refractivity contribution is 7.86. The van der Waals surface area contributed by atoms with Gasteiger partial charge in [-0.3, -0.25) is 9.11 Å². The minimum atomic E-state index is -4.14. The lowest BCUT2D eigenvalue weighted by Gasteiger charge is -2.17. The quantitative estimate of drug-likeness (QED) is 0.195. The van der Waals surface area contributed by atoms with Crippen LogP contribution >= 0.6 is 57.7 Å². The van der Waals surface area contributed by atoms with Crippen LogP contribution in [0.15, 0.2) is 42.3 Å². The van der Waals surface area contributed by atoms with Crippen LogP contribution in [0.25, 0.3) is 16.3 Å². The summed E-state index contributed by atoms with van der Waals surface area (Å²) in [5.74, 6) is -0.0242. The van der Waals surface area contributed by atoms with E-state index in [4.69, 9.17) is 60.2 Å². The molecular weight excluding hydrogens is 654 g/mol. The molecule has 1 aromatic heterocycles. The molecule has 0 bridgehead atoms. The number of benzene rings is 2. The van der Waals surface area contributed by atoms with Crippen LogP contribution in [0, 0.1) is 0 Å². The number of fused-ring (bicyclic) bond motifs is 2. The molecule has 0 spiro atoms. The molecule has 2 N–H and O–H groups in total. The second kappa shape index (κ2) is 12.1. The smallest absolute Gasteiger partial charge is 0.265 e. The van der Waals surface area contributed by atoms with Gasteiger partial charge in [0.15, 0.2) is 12.3 Å². The first kappa shape index (κ1) is 30.4.